The lowest BCUT2D eigenvalue weighted by Crippen LogP contribution is -2.04. The van der Waals surface area contributed by atoms with E-state index in [1.54, 1.807) is 26.4 Å². The van der Waals surface area contributed by atoms with E-state index in [4.69, 9.17) is 21.1 Å². The van der Waals surface area contributed by atoms with Gasteiger partial charge in [-0.2, -0.15) is 5.10 Å². The van der Waals surface area contributed by atoms with E-state index >= 15 is 0 Å². The summed E-state index contributed by atoms with van der Waals surface area (Å²) in [5.41, 5.74) is 2.72. The molecule has 0 unspecified atom stereocenters. The number of anilines is 1. The maximum Gasteiger partial charge on any atom is 0.145 e. The van der Waals surface area contributed by atoms with Gasteiger partial charge in [-0.15, -0.1) is 0 Å². The van der Waals surface area contributed by atoms with Crippen molar-refractivity contribution < 1.29 is 9.47 Å². The first-order valence-electron chi connectivity index (χ1n) is 7.46. The van der Waals surface area contributed by atoms with Crippen molar-refractivity contribution in [2.24, 2.45) is 0 Å². The molecule has 0 radical (unpaired) electrons. The van der Waals surface area contributed by atoms with Crippen LogP contribution in [0.25, 0.3) is 5.69 Å². The van der Waals surface area contributed by atoms with Crippen molar-refractivity contribution in [3.05, 3.63) is 65.4 Å². The molecule has 3 rings (SSSR count). The monoisotopic (exact) mass is 343 g/mol. The highest BCUT2D eigenvalue weighted by Gasteiger charge is 2.10. The lowest BCUT2D eigenvalue weighted by Gasteiger charge is -2.13. The van der Waals surface area contributed by atoms with Gasteiger partial charge in [-0.3, -0.25) is 0 Å². The van der Waals surface area contributed by atoms with Crippen molar-refractivity contribution in [2.75, 3.05) is 19.5 Å². The normalized spacial score (nSPS) is 10.5. The smallest absolute Gasteiger partial charge is 0.145 e. The number of para-hydroxylation sites is 1. The molecule has 0 saturated heterocycles. The Bertz CT molecular complexity index is 818. The molecule has 0 aliphatic heterocycles. The predicted octanol–water partition coefficient (Wildman–Crippen LogP) is 4.16. The highest BCUT2D eigenvalue weighted by molar-refractivity contribution is 6.32. The van der Waals surface area contributed by atoms with Crippen molar-refractivity contribution in [3.8, 4) is 17.2 Å². The molecular weight excluding hydrogens is 326 g/mol. The first kappa shape index (κ1) is 16.2. The molecule has 124 valence electrons. The van der Waals surface area contributed by atoms with Crippen LogP contribution in [0.15, 0.2) is 54.7 Å². The first-order valence-corrected chi connectivity index (χ1v) is 7.84. The molecule has 1 heterocycles. The van der Waals surface area contributed by atoms with E-state index < -0.39 is 0 Å². The Morgan fingerprint density at radius 2 is 1.79 bits per heavy atom. The maximum atomic E-state index is 6.18. The van der Waals surface area contributed by atoms with Gasteiger partial charge in [0, 0.05) is 12.3 Å². The van der Waals surface area contributed by atoms with Crippen LogP contribution >= 0.6 is 11.6 Å². The first-order chi connectivity index (χ1) is 11.7. The van der Waals surface area contributed by atoms with Gasteiger partial charge < -0.3 is 14.8 Å². The third-order valence-corrected chi connectivity index (χ3v) is 3.89. The highest BCUT2D eigenvalue weighted by Crippen LogP contribution is 2.36. The number of rotatable bonds is 6. The molecule has 0 spiro atoms. The summed E-state index contributed by atoms with van der Waals surface area (Å²) in [6.45, 7) is 0.554. The van der Waals surface area contributed by atoms with Crippen LogP contribution in [0.1, 0.15) is 5.69 Å². The number of ether oxygens (including phenoxy) is 2. The van der Waals surface area contributed by atoms with Crippen LogP contribution in [0.5, 0.6) is 11.5 Å². The van der Waals surface area contributed by atoms with Gasteiger partial charge in [-0.25, -0.2) is 4.68 Å². The van der Waals surface area contributed by atoms with Crippen molar-refractivity contribution in [1.29, 1.82) is 0 Å². The predicted molar refractivity (Wildman–Crippen MR) is 95.4 cm³/mol. The Kier molecular flexibility index (Phi) is 4.91. The van der Waals surface area contributed by atoms with E-state index in [-0.39, 0.29) is 0 Å². The summed E-state index contributed by atoms with van der Waals surface area (Å²) in [7, 11) is 3.18. The standard InChI is InChI=1S/C18H18ClN3O2/c1-23-17-11-18(24-2)16(10-15(17)19)20-12-13-8-9-22(21-13)14-6-4-3-5-7-14/h3-11,20H,12H2,1-2H3. The zero-order chi connectivity index (χ0) is 16.9. The number of nitrogens with one attached hydrogen (secondary N) is 1. The van der Waals surface area contributed by atoms with Crippen LogP contribution in [0.2, 0.25) is 5.02 Å². The average Bonchev–Trinajstić information content (AvgIpc) is 3.10. The van der Waals surface area contributed by atoms with Gasteiger partial charge in [0.05, 0.1) is 42.9 Å². The van der Waals surface area contributed by atoms with Crippen LogP contribution in [0.4, 0.5) is 5.69 Å². The summed E-state index contributed by atoms with van der Waals surface area (Å²) in [5, 5.41) is 8.38. The molecule has 1 aromatic heterocycles. The summed E-state index contributed by atoms with van der Waals surface area (Å²) < 4.78 is 12.4. The van der Waals surface area contributed by atoms with E-state index in [2.05, 4.69) is 10.4 Å². The number of hydrogen-bond acceptors (Lipinski definition) is 4. The fourth-order valence-corrected chi connectivity index (χ4v) is 2.61. The third-order valence-electron chi connectivity index (χ3n) is 3.60. The Morgan fingerprint density at radius 3 is 2.50 bits per heavy atom. The van der Waals surface area contributed by atoms with Gasteiger partial charge in [0.25, 0.3) is 0 Å². The lowest BCUT2D eigenvalue weighted by atomic mass is 10.2. The van der Waals surface area contributed by atoms with E-state index in [9.17, 15) is 0 Å². The van der Waals surface area contributed by atoms with Crippen LogP contribution in [0, 0.1) is 0 Å². The quantitative estimate of drug-likeness (QED) is 0.730. The number of halogens is 1. The Labute approximate surface area is 145 Å². The number of methoxy groups -OCH3 is 2. The summed E-state index contributed by atoms with van der Waals surface area (Å²) in [6.07, 6.45) is 1.94. The molecule has 6 heteroatoms. The van der Waals surface area contributed by atoms with Crippen LogP contribution in [0.3, 0.4) is 0 Å². The van der Waals surface area contributed by atoms with E-state index in [0.717, 1.165) is 17.1 Å². The summed E-state index contributed by atoms with van der Waals surface area (Å²) >= 11 is 6.18. The summed E-state index contributed by atoms with van der Waals surface area (Å²) in [4.78, 5) is 0. The van der Waals surface area contributed by atoms with E-state index in [1.165, 1.54) is 0 Å². The highest BCUT2D eigenvalue weighted by atomic mass is 35.5. The topological polar surface area (TPSA) is 48.3 Å². The number of benzene rings is 2. The third kappa shape index (κ3) is 3.46. The minimum absolute atomic E-state index is 0.524. The van der Waals surface area contributed by atoms with Crippen LogP contribution in [-0.4, -0.2) is 24.0 Å². The largest absolute Gasteiger partial charge is 0.495 e. The second-order valence-corrected chi connectivity index (χ2v) is 5.53. The zero-order valence-electron chi connectivity index (χ0n) is 13.5. The minimum Gasteiger partial charge on any atom is -0.495 e. The molecule has 24 heavy (non-hydrogen) atoms. The van der Waals surface area contributed by atoms with Crippen LogP contribution in [-0.2, 0) is 6.54 Å². The molecule has 0 bridgehead atoms. The zero-order valence-corrected chi connectivity index (χ0v) is 14.2. The number of hydrogen-bond donors (Lipinski definition) is 1. The van der Waals surface area contributed by atoms with Gasteiger partial charge in [-0.1, -0.05) is 29.8 Å². The van der Waals surface area contributed by atoms with Crippen molar-refractivity contribution in [2.45, 2.75) is 6.54 Å². The van der Waals surface area contributed by atoms with Crippen LogP contribution < -0.4 is 14.8 Å². The molecule has 0 aliphatic carbocycles. The second kappa shape index (κ2) is 7.27. The second-order valence-electron chi connectivity index (χ2n) is 5.13. The fraction of sp³-hybridized carbons (Fsp3) is 0.167. The molecule has 0 atom stereocenters. The number of nitrogens with zero attached hydrogens (tertiary/aromatic N) is 2. The molecule has 1 N–H and O–H groups in total. The van der Waals surface area contributed by atoms with Gasteiger partial charge >= 0.3 is 0 Å². The summed E-state index contributed by atoms with van der Waals surface area (Å²) in [6, 6.07) is 15.5. The molecule has 3 aromatic rings. The molecule has 0 saturated carbocycles. The average molecular weight is 344 g/mol. The molecule has 0 fully saturated rings. The van der Waals surface area contributed by atoms with Gasteiger partial charge in [0.2, 0.25) is 0 Å². The minimum atomic E-state index is 0.524. The van der Waals surface area contributed by atoms with Crippen molar-refractivity contribution in [3.63, 3.8) is 0 Å². The molecular formula is C18H18ClN3O2. The Hall–Kier alpha value is -2.66. The molecule has 0 aliphatic rings. The van der Waals surface area contributed by atoms with E-state index in [0.29, 0.717) is 23.1 Å². The lowest BCUT2D eigenvalue weighted by molar-refractivity contribution is 0.395. The molecule has 2 aromatic carbocycles. The van der Waals surface area contributed by atoms with E-state index in [1.807, 2.05) is 47.3 Å². The Morgan fingerprint density at radius 1 is 1.04 bits per heavy atom. The number of aromatic nitrogens is 2. The van der Waals surface area contributed by atoms with Crippen molar-refractivity contribution >= 4 is 17.3 Å². The summed E-state index contributed by atoms with van der Waals surface area (Å²) in [5.74, 6) is 1.24. The Balaban J connectivity index is 1.75. The van der Waals surface area contributed by atoms with Crippen molar-refractivity contribution in [1.82, 2.24) is 9.78 Å². The molecule has 0 amide bonds. The van der Waals surface area contributed by atoms with Gasteiger partial charge in [-0.05, 0) is 24.3 Å². The SMILES string of the molecule is COc1cc(OC)c(NCc2ccn(-c3ccccc3)n2)cc1Cl. The van der Waals surface area contributed by atoms with Gasteiger partial charge in [0.15, 0.2) is 0 Å². The fourth-order valence-electron chi connectivity index (χ4n) is 2.36. The van der Waals surface area contributed by atoms with Gasteiger partial charge in [0.1, 0.15) is 11.5 Å². The maximum absolute atomic E-state index is 6.18. The molecule has 5 nitrogen and oxygen atoms in total.